The summed E-state index contributed by atoms with van der Waals surface area (Å²) < 4.78 is 0. The number of amides is 1. The maximum Gasteiger partial charge on any atom is 0.234 e. The Kier molecular flexibility index (Phi) is 5.22. The summed E-state index contributed by atoms with van der Waals surface area (Å²) in [4.78, 5) is 13.5. The normalized spacial score (nSPS) is 28.9. The number of likely N-dealkylation sites (N-methyl/N-ethyl adjacent to an activating group) is 1. The van der Waals surface area contributed by atoms with E-state index >= 15 is 0 Å². The summed E-state index contributed by atoms with van der Waals surface area (Å²) >= 11 is 0. The number of piperidine rings is 1. The highest BCUT2D eigenvalue weighted by molar-refractivity contribution is 5.79. The largest absolute Gasteiger partial charge is 0.368 e. The molecular formula is C12H25N3O. The van der Waals surface area contributed by atoms with Gasteiger partial charge in [0.15, 0.2) is 0 Å². The predicted octanol–water partition coefficient (Wildman–Crippen LogP) is 0.570. The Morgan fingerprint density at radius 1 is 1.56 bits per heavy atom. The van der Waals surface area contributed by atoms with E-state index < -0.39 is 0 Å². The lowest BCUT2D eigenvalue weighted by Gasteiger charge is -2.37. The van der Waals surface area contributed by atoms with Crippen molar-refractivity contribution in [3.05, 3.63) is 0 Å². The smallest absolute Gasteiger partial charge is 0.234 e. The minimum Gasteiger partial charge on any atom is -0.368 e. The van der Waals surface area contributed by atoms with Crippen molar-refractivity contribution in [3.63, 3.8) is 0 Å². The lowest BCUT2D eigenvalue weighted by atomic mass is 9.93. The summed E-state index contributed by atoms with van der Waals surface area (Å²) in [7, 11) is 1.79. The Morgan fingerprint density at radius 2 is 2.25 bits per heavy atom. The maximum absolute atomic E-state index is 11.1. The van der Waals surface area contributed by atoms with Gasteiger partial charge in [-0.05, 0) is 45.7 Å². The van der Waals surface area contributed by atoms with Gasteiger partial charge in [0.25, 0.3) is 0 Å². The molecule has 0 bridgehead atoms. The number of nitrogens with zero attached hydrogens (tertiary/aromatic N) is 1. The number of nitrogens with two attached hydrogens (primary N) is 1. The van der Waals surface area contributed by atoms with Crippen LogP contribution in [-0.4, -0.2) is 43.0 Å². The second-order valence-corrected chi connectivity index (χ2v) is 5.05. The highest BCUT2D eigenvalue weighted by Gasteiger charge is 2.23. The molecule has 0 aromatic rings. The second-order valence-electron chi connectivity index (χ2n) is 5.05. The van der Waals surface area contributed by atoms with Gasteiger partial charge in [0, 0.05) is 12.6 Å². The van der Waals surface area contributed by atoms with Gasteiger partial charge in [-0.2, -0.15) is 0 Å². The third-order valence-electron chi connectivity index (χ3n) is 3.67. The molecule has 0 aromatic carbocycles. The van der Waals surface area contributed by atoms with Crippen LogP contribution in [0.4, 0.5) is 0 Å². The fourth-order valence-electron chi connectivity index (χ4n) is 2.51. The minimum absolute atomic E-state index is 0.188. The van der Waals surface area contributed by atoms with Gasteiger partial charge < -0.3 is 16.0 Å². The monoisotopic (exact) mass is 227 g/mol. The zero-order valence-corrected chi connectivity index (χ0v) is 10.7. The lowest BCUT2D eigenvalue weighted by Crippen LogP contribution is -2.45. The fraction of sp³-hybridized carbons (Fsp3) is 0.917. The van der Waals surface area contributed by atoms with Gasteiger partial charge >= 0.3 is 0 Å². The van der Waals surface area contributed by atoms with Crippen LogP contribution in [-0.2, 0) is 4.79 Å². The lowest BCUT2D eigenvalue weighted by molar-refractivity contribution is -0.120. The zero-order valence-electron chi connectivity index (χ0n) is 10.7. The summed E-state index contributed by atoms with van der Waals surface area (Å²) in [6.45, 7) is 6.70. The van der Waals surface area contributed by atoms with Crippen LogP contribution in [0.15, 0.2) is 0 Å². The molecular weight excluding hydrogens is 202 g/mol. The van der Waals surface area contributed by atoms with Crippen LogP contribution in [0.2, 0.25) is 0 Å². The quantitative estimate of drug-likeness (QED) is 0.722. The van der Waals surface area contributed by atoms with E-state index in [1.807, 2.05) is 0 Å². The summed E-state index contributed by atoms with van der Waals surface area (Å²) in [5.74, 6) is 0.586. The average Bonchev–Trinajstić information content (AvgIpc) is 2.21. The molecule has 1 aliphatic heterocycles. The van der Waals surface area contributed by atoms with Gasteiger partial charge in [-0.1, -0.05) is 6.92 Å². The standard InChI is InChI=1S/C12H25N3O/c1-9-4-6-15(10(2)8-9)7-5-11(14-3)12(13)16/h9-11,14H,4-8H2,1-3H3,(H2,13,16). The molecule has 1 rings (SSSR count). The van der Waals surface area contributed by atoms with Crippen molar-refractivity contribution in [2.75, 3.05) is 20.1 Å². The Labute approximate surface area is 98.6 Å². The van der Waals surface area contributed by atoms with Gasteiger partial charge in [-0.25, -0.2) is 0 Å². The van der Waals surface area contributed by atoms with Crippen LogP contribution >= 0.6 is 0 Å². The first-order valence-electron chi connectivity index (χ1n) is 6.25. The number of hydrogen-bond donors (Lipinski definition) is 2. The Morgan fingerprint density at radius 3 is 2.75 bits per heavy atom. The summed E-state index contributed by atoms with van der Waals surface area (Å²) in [5, 5.41) is 2.96. The molecule has 1 amide bonds. The molecule has 1 fully saturated rings. The van der Waals surface area contributed by atoms with E-state index in [-0.39, 0.29) is 11.9 Å². The van der Waals surface area contributed by atoms with Crippen LogP contribution < -0.4 is 11.1 Å². The SMILES string of the molecule is CNC(CCN1CCC(C)CC1C)C(N)=O. The molecule has 1 aliphatic rings. The first-order chi connectivity index (χ1) is 7.54. The molecule has 3 atom stereocenters. The summed E-state index contributed by atoms with van der Waals surface area (Å²) in [6, 6.07) is 0.445. The molecule has 0 saturated carbocycles. The first-order valence-corrected chi connectivity index (χ1v) is 6.25. The van der Waals surface area contributed by atoms with Gasteiger partial charge in [0.2, 0.25) is 5.91 Å². The van der Waals surface area contributed by atoms with E-state index in [4.69, 9.17) is 5.73 Å². The van der Waals surface area contributed by atoms with Crippen molar-refractivity contribution >= 4 is 5.91 Å². The van der Waals surface area contributed by atoms with E-state index in [0.29, 0.717) is 6.04 Å². The van der Waals surface area contributed by atoms with E-state index in [1.54, 1.807) is 7.05 Å². The maximum atomic E-state index is 11.1. The van der Waals surface area contributed by atoms with E-state index in [9.17, 15) is 4.79 Å². The topological polar surface area (TPSA) is 58.4 Å². The van der Waals surface area contributed by atoms with Crippen LogP contribution in [0.5, 0.6) is 0 Å². The van der Waals surface area contributed by atoms with Crippen molar-refractivity contribution in [3.8, 4) is 0 Å². The number of nitrogens with one attached hydrogen (secondary N) is 1. The van der Waals surface area contributed by atoms with Crippen molar-refractivity contribution in [1.82, 2.24) is 10.2 Å². The number of carbonyl (C=O) groups is 1. The highest BCUT2D eigenvalue weighted by Crippen LogP contribution is 2.22. The molecule has 16 heavy (non-hydrogen) atoms. The third kappa shape index (κ3) is 3.76. The first kappa shape index (κ1) is 13.5. The number of hydrogen-bond acceptors (Lipinski definition) is 3. The van der Waals surface area contributed by atoms with Crippen LogP contribution in [0.25, 0.3) is 0 Å². The molecule has 0 radical (unpaired) electrons. The zero-order chi connectivity index (χ0) is 12.1. The number of primary amides is 1. The van der Waals surface area contributed by atoms with E-state index in [1.165, 1.54) is 12.8 Å². The second kappa shape index (κ2) is 6.21. The minimum atomic E-state index is -0.250. The predicted molar refractivity (Wildman–Crippen MR) is 66.1 cm³/mol. The van der Waals surface area contributed by atoms with Crippen LogP contribution in [0.3, 0.4) is 0 Å². The number of rotatable bonds is 5. The molecule has 1 heterocycles. The van der Waals surface area contributed by atoms with Gasteiger partial charge in [0.1, 0.15) is 0 Å². The van der Waals surface area contributed by atoms with Crippen molar-refractivity contribution in [2.45, 2.75) is 45.2 Å². The van der Waals surface area contributed by atoms with Gasteiger partial charge in [0.05, 0.1) is 6.04 Å². The molecule has 0 aliphatic carbocycles. The summed E-state index contributed by atoms with van der Waals surface area (Å²) in [5.41, 5.74) is 5.30. The number of carbonyl (C=O) groups excluding carboxylic acids is 1. The number of likely N-dealkylation sites (tertiary alicyclic amines) is 1. The fourth-order valence-corrected chi connectivity index (χ4v) is 2.51. The average molecular weight is 227 g/mol. The molecule has 3 unspecified atom stereocenters. The molecule has 4 heteroatoms. The van der Waals surface area contributed by atoms with Crippen molar-refractivity contribution in [1.29, 1.82) is 0 Å². The highest BCUT2D eigenvalue weighted by atomic mass is 16.1. The molecule has 0 spiro atoms. The molecule has 0 aromatic heterocycles. The summed E-state index contributed by atoms with van der Waals surface area (Å²) in [6.07, 6.45) is 3.34. The van der Waals surface area contributed by atoms with E-state index in [0.717, 1.165) is 25.4 Å². The third-order valence-corrected chi connectivity index (χ3v) is 3.67. The van der Waals surface area contributed by atoms with Crippen molar-refractivity contribution < 1.29 is 4.79 Å². The Bertz CT molecular complexity index is 232. The molecule has 94 valence electrons. The molecule has 1 saturated heterocycles. The molecule has 4 nitrogen and oxygen atoms in total. The Balaban J connectivity index is 2.34. The van der Waals surface area contributed by atoms with Crippen LogP contribution in [0, 0.1) is 5.92 Å². The van der Waals surface area contributed by atoms with Gasteiger partial charge in [-0.15, -0.1) is 0 Å². The van der Waals surface area contributed by atoms with Gasteiger partial charge in [-0.3, -0.25) is 4.79 Å². The van der Waals surface area contributed by atoms with Crippen molar-refractivity contribution in [2.24, 2.45) is 11.7 Å². The Hall–Kier alpha value is -0.610. The van der Waals surface area contributed by atoms with E-state index in [2.05, 4.69) is 24.1 Å². The molecule has 3 N–H and O–H groups in total. The van der Waals surface area contributed by atoms with Crippen LogP contribution in [0.1, 0.15) is 33.1 Å².